The van der Waals surface area contributed by atoms with Crippen LogP contribution in [0.25, 0.3) is 11.3 Å². The van der Waals surface area contributed by atoms with Gasteiger partial charge in [0, 0.05) is 22.3 Å². The van der Waals surface area contributed by atoms with Gasteiger partial charge >= 0.3 is 5.69 Å². The van der Waals surface area contributed by atoms with E-state index in [1.165, 1.54) is 31.4 Å². The summed E-state index contributed by atoms with van der Waals surface area (Å²) in [5, 5.41) is 14.2. The SMILES string of the molecule is COc1ccc(NC(=O)c2ccc(-c3ccc(Cl)cc3)o2)cc1[N+](=O)[O-]. The molecule has 0 aliphatic carbocycles. The highest BCUT2D eigenvalue weighted by molar-refractivity contribution is 6.30. The van der Waals surface area contributed by atoms with Crippen LogP contribution in [0.15, 0.2) is 59.0 Å². The Balaban J connectivity index is 1.79. The van der Waals surface area contributed by atoms with Crippen LogP contribution in [0.5, 0.6) is 5.75 Å². The molecule has 8 heteroatoms. The predicted octanol–water partition coefficient (Wildman–Crippen LogP) is 4.77. The molecule has 0 fully saturated rings. The predicted molar refractivity (Wildman–Crippen MR) is 96.8 cm³/mol. The molecule has 132 valence electrons. The maximum absolute atomic E-state index is 12.3. The summed E-state index contributed by atoms with van der Waals surface area (Å²) in [6.07, 6.45) is 0. The van der Waals surface area contributed by atoms with Crippen LogP contribution in [0.1, 0.15) is 10.6 Å². The Labute approximate surface area is 153 Å². The molecule has 0 unspecified atom stereocenters. The molecule has 26 heavy (non-hydrogen) atoms. The van der Waals surface area contributed by atoms with Gasteiger partial charge in [-0.15, -0.1) is 0 Å². The second-order valence-corrected chi connectivity index (χ2v) is 5.71. The molecule has 1 N–H and O–H groups in total. The highest BCUT2D eigenvalue weighted by Gasteiger charge is 2.18. The number of nitro groups is 1. The summed E-state index contributed by atoms with van der Waals surface area (Å²) in [6.45, 7) is 0. The van der Waals surface area contributed by atoms with Crippen LogP contribution in [0, 0.1) is 10.1 Å². The number of furan rings is 1. The first-order valence-electron chi connectivity index (χ1n) is 7.47. The van der Waals surface area contributed by atoms with Gasteiger partial charge in [0.1, 0.15) is 5.76 Å². The van der Waals surface area contributed by atoms with E-state index in [-0.39, 0.29) is 22.9 Å². The third-order valence-electron chi connectivity index (χ3n) is 3.59. The van der Waals surface area contributed by atoms with Crippen LogP contribution in [0.4, 0.5) is 11.4 Å². The Morgan fingerprint density at radius 2 is 1.88 bits per heavy atom. The fourth-order valence-corrected chi connectivity index (χ4v) is 2.46. The van der Waals surface area contributed by atoms with E-state index in [4.69, 9.17) is 20.8 Å². The number of benzene rings is 2. The Bertz CT molecular complexity index is 966. The highest BCUT2D eigenvalue weighted by atomic mass is 35.5. The van der Waals surface area contributed by atoms with Crippen molar-refractivity contribution in [3.63, 3.8) is 0 Å². The molecule has 0 spiro atoms. The molecule has 3 rings (SSSR count). The molecule has 0 saturated heterocycles. The van der Waals surface area contributed by atoms with Gasteiger partial charge in [0.25, 0.3) is 5.91 Å². The lowest BCUT2D eigenvalue weighted by Crippen LogP contribution is -2.11. The number of nitro benzene ring substituents is 1. The second kappa shape index (κ2) is 7.28. The number of amides is 1. The van der Waals surface area contributed by atoms with Crippen LogP contribution in [-0.4, -0.2) is 17.9 Å². The van der Waals surface area contributed by atoms with Gasteiger partial charge in [-0.05, 0) is 48.5 Å². The molecule has 0 aliphatic heterocycles. The largest absolute Gasteiger partial charge is 0.490 e. The summed E-state index contributed by atoms with van der Waals surface area (Å²) in [4.78, 5) is 22.8. The molecular formula is C18H13ClN2O5. The van der Waals surface area contributed by atoms with Crippen LogP contribution in [-0.2, 0) is 0 Å². The summed E-state index contributed by atoms with van der Waals surface area (Å²) >= 11 is 5.85. The van der Waals surface area contributed by atoms with Gasteiger partial charge in [-0.25, -0.2) is 0 Å². The average Bonchev–Trinajstić information content (AvgIpc) is 3.12. The van der Waals surface area contributed by atoms with E-state index in [1.54, 1.807) is 30.3 Å². The number of halogens is 1. The number of anilines is 1. The zero-order valence-electron chi connectivity index (χ0n) is 13.6. The number of carbonyl (C=O) groups is 1. The number of ether oxygens (including phenoxy) is 1. The summed E-state index contributed by atoms with van der Waals surface area (Å²) in [7, 11) is 1.34. The average molecular weight is 373 g/mol. The summed E-state index contributed by atoms with van der Waals surface area (Å²) in [6, 6.07) is 14.3. The first kappa shape index (κ1) is 17.5. The highest BCUT2D eigenvalue weighted by Crippen LogP contribution is 2.30. The summed E-state index contributed by atoms with van der Waals surface area (Å²) in [5.74, 6) is 0.168. The number of methoxy groups -OCH3 is 1. The maximum atomic E-state index is 12.3. The molecule has 1 heterocycles. The van der Waals surface area contributed by atoms with E-state index in [2.05, 4.69) is 5.32 Å². The monoisotopic (exact) mass is 372 g/mol. The van der Waals surface area contributed by atoms with Gasteiger partial charge in [-0.1, -0.05) is 11.6 Å². The zero-order valence-corrected chi connectivity index (χ0v) is 14.3. The molecule has 0 aliphatic rings. The van der Waals surface area contributed by atoms with Crippen molar-refractivity contribution in [3.8, 4) is 17.1 Å². The molecule has 7 nitrogen and oxygen atoms in total. The minimum atomic E-state index is -0.583. The number of nitrogens with one attached hydrogen (secondary N) is 1. The minimum Gasteiger partial charge on any atom is -0.490 e. The van der Waals surface area contributed by atoms with E-state index in [0.717, 1.165) is 5.56 Å². The molecule has 1 aromatic heterocycles. The van der Waals surface area contributed by atoms with Gasteiger partial charge < -0.3 is 14.5 Å². The normalized spacial score (nSPS) is 10.4. The summed E-state index contributed by atoms with van der Waals surface area (Å²) in [5.41, 5.74) is 0.784. The third-order valence-corrected chi connectivity index (χ3v) is 3.84. The minimum absolute atomic E-state index is 0.0772. The van der Waals surface area contributed by atoms with Crippen molar-refractivity contribution < 1.29 is 18.9 Å². The fraction of sp³-hybridized carbons (Fsp3) is 0.0556. The van der Waals surface area contributed by atoms with E-state index < -0.39 is 10.8 Å². The molecular weight excluding hydrogens is 360 g/mol. The van der Waals surface area contributed by atoms with Gasteiger partial charge in [-0.3, -0.25) is 14.9 Å². The van der Waals surface area contributed by atoms with E-state index in [0.29, 0.717) is 10.8 Å². The fourth-order valence-electron chi connectivity index (χ4n) is 2.33. The van der Waals surface area contributed by atoms with Gasteiger partial charge in [-0.2, -0.15) is 0 Å². The third kappa shape index (κ3) is 3.68. The Kier molecular flexibility index (Phi) is 4.90. The quantitative estimate of drug-likeness (QED) is 0.514. The van der Waals surface area contributed by atoms with Gasteiger partial charge in [0.05, 0.1) is 12.0 Å². The van der Waals surface area contributed by atoms with E-state index in [9.17, 15) is 14.9 Å². The van der Waals surface area contributed by atoms with Crippen LogP contribution >= 0.6 is 11.6 Å². The number of hydrogen-bond donors (Lipinski definition) is 1. The lowest BCUT2D eigenvalue weighted by Gasteiger charge is -2.06. The Morgan fingerprint density at radius 1 is 1.15 bits per heavy atom. The molecule has 0 radical (unpaired) electrons. The van der Waals surface area contributed by atoms with Crippen molar-refractivity contribution in [3.05, 3.63) is 75.5 Å². The lowest BCUT2D eigenvalue weighted by molar-refractivity contribution is -0.385. The Morgan fingerprint density at radius 3 is 2.54 bits per heavy atom. The molecule has 2 aromatic carbocycles. The zero-order chi connectivity index (χ0) is 18.7. The number of hydrogen-bond acceptors (Lipinski definition) is 5. The molecule has 0 saturated carbocycles. The molecule has 0 bridgehead atoms. The van der Waals surface area contributed by atoms with Crippen LogP contribution < -0.4 is 10.1 Å². The van der Waals surface area contributed by atoms with Crippen molar-refractivity contribution >= 4 is 28.9 Å². The molecule has 0 atom stereocenters. The van der Waals surface area contributed by atoms with Crippen molar-refractivity contribution in [2.75, 3.05) is 12.4 Å². The van der Waals surface area contributed by atoms with Crippen molar-refractivity contribution in [2.45, 2.75) is 0 Å². The first-order chi connectivity index (χ1) is 12.5. The Hall–Kier alpha value is -3.32. The van der Waals surface area contributed by atoms with Gasteiger partial charge in [0.2, 0.25) is 0 Å². The lowest BCUT2D eigenvalue weighted by atomic mass is 10.2. The van der Waals surface area contributed by atoms with E-state index >= 15 is 0 Å². The smallest absolute Gasteiger partial charge is 0.312 e. The van der Waals surface area contributed by atoms with E-state index in [1.807, 2.05) is 0 Å². The first-order valence-corrected chi connectivity index (χ1v) is 7.85. The topological polar surface area (TPSA) is 94.6 Å². The number of rotatable bonds is 5. The molecule has 1 amide bonds. The van der Waals surface area contributed by atoms with Gasteiger partial charge in [0.15, 0.2) is 11.5 Å². The van der Waals surface area contributed by atoms with Crippen molar-refractivity contribution in [1.82, 2.24) is 0 Å². The number of nitrogens with zero attached hydrogens (tertiary/aromatic N) is 1. The number of carbonyl (C=O) groups excluding carboxylic acids is 1. The van der Waals surface area contributed by atoms with Crippen LogP contribution in [0.2, 0.25) is 5.02 Å². The van der Waals surface area contributed by atoms with Crippen LogP contribution in [0.3, 0.4) is 0 Å². The summed E-state index contributed by atoms with van der Waals surface area (Å²) < 4.78 is 10.5. The maximum Gasteiger partial charge on any atom is 0.312 e. The van der Waals surface area contributed by atoms with Crippen molar-refractivity contribution in [1.29, 1.82) is 0 Å². The van der Waals surface area contributed by atoms with Crippen molar-refractivity contribution in [2.24, 2.45) is 0 Å². The standard InChI is InChI=1S/C18H13ClN2O5/c1-25-16-7-6-13(10-14(16)21(23)24)20-18(22)17-9-8-15(26-17)11-2-4-12(19)5-3-11/h2-10H,1H3,(H,20,22). The molecule has 3 aromatic rings. The second-order valence-electron chi connectivity index (χ2n) is 5.27.